The second kappa shape index (κ2) is 5.12. The molecular weight excluding hydrogens is 256 g/mol. The lowest BCUT2D eigenvalue weighted by molar-refractivity contribution is 0.0352. The average Bonchev–Trinajstić information content (AvgIpc) is 3.20. The van der Waals surface area contributed by atoms with Crippen LogP contribution in [-0.4, -0.2) is 11.2 Å². The number of benzene rings is 1. The molecule has 0 saturated heterocycles. The van der Waals surface area contributed by atoms with E-state index in [4.69, 9.17) is 0 Å². The van der Waals surface area contributed by atoms with Crippen LogP contribution >= 0.6 is 0 Å². The van der Waals surface area contributed by atoms with Gasteiger partial charge in [0.15, 0.2) is 0 Å². The molecule has 0 aromatic heterocycles. The zero-order valence-corrected chi connectivity index (χ0v) is 13.3. The predicted octanol–water partition coefficient (Wildman–Crippen LogP) is 4.40. The third kappa shape index (κ3) is 2.34. The van der Waals surface area contributed by atoms with Crippen LogP contribution in [0, 0.1) is 29.6 Å². The Balaban J connectivity index is 1.51. The molecule has 0 amide bonds. The Bertz CT molecular complexity index is 512. The van der Waals surface area contributed by atoms with Gasteiger partial charge in [-0.3, -0.25) is 0 Å². The van der Waals surface area contributed by atoms with Crippen molar-refractivity contribution in [1.82, 2.24) is 0 Å². The van der Waals surface area contributed by atoms with Crippen molar-refractivity contribution >= 4 is 0 Å². The summed E-state index contributed by atoms with van der Waals surface area (Å²) in [5.41, 5.74) is 3.09. The van der Waals surface area contributed by atoms with Gasteiger partial charge in [0, 0.05) is 0 Å². The molecule has 1 aromatic carbocycles. The standard InChI is InChI=1S/C20H28O/c1-12-9-13(2)11-15(10-12)20(21)19-17-8-7-14-5-3-4-6-16(14)18(17)19/h3-6,12-13,15,17-21H,7-11H2,1-2H3. The monoisotopic (exact) mass is 284 g/mol. The van der Waals surface area contributed by atoms with E-state index in [0.29, 0.717) is 17.8 Å². The van der Waals surface area contributed by atoms with Crippen LogP contribution < -0.4 is 0 Å². The van der Waals surface area contributed by atoms with Crippen molar-refractivity contribution in [2.75, 3.05) is 0 Å². The van der Waals surface area contributed by atoms with Crippen LogP contribution in [0.4, 0.5) is 0 Å². The van der Waals surface area contributed by atoms with E-state index in [1.807, 2.05) is 0 Å². The van der Waals surface area contributed by atoms with Gasteiger partial charge in [0.1, 0.15) is 0 Å². The summed E-state index contributed by atoms with van der Waals surface area (Å²) >= 11 is 0. The first-order valence-electron chi connectivity index (χ1n) is 8.91. The van der Waals surface area contributed by atoms with Gasteiger partial charge in [-0.15, -0.1) is 0 Å². The van der Waals surface area contributed by atoms with Crippen molar-refractivity contribution in [1.29, 1.82) is 0 Å². The van der Waals surface area contributed by atoms with Crippen molar-refractivity contribution in [3.05, 3.63) is 35.4 Å². The minimum atomic E-state index is -0.0589. The largest absolute Gasteiger partial charge is 0.393 e. The Labute approximate surface area is 128 Å². The molecular formula is C20H28O. The van der Waals surface area contributed by atoms with Gasteiger partial charge in [-0.2, -0.15) is 0 Å². The van der Waals surface area contributed by atoms with Crippen LogP contribution in [0.2, 0.25) is 0 Å². The minimum Gasteiger partial charge on any atom is -0.393 e. The maximum atomic E-state index is 11.0. The van der Waals surface area contributed by atoms with Crippen molar-refractivity contribution in [3.8, 4) is 0 Å². The SMILES string of the molecule is CC1CC(C)CC(C(O)C2C3CCc4ccccc4C32)C1. The van der Waals surface area contributed by atoms with Crippen LogP contribution in [0.15, 0.2) is 24.3 Å². The molecule has 114 valence electrons. The molecule has 1 aromatic rings. The molecule has 4 rings (SSSR count). The van der Waals surface area contributed by atoms with Crippen LogP contribution in [0.3, 0.4) is 0 Å². The Morgan fingerprint density at radius 2 is 1.76 bits per heavy atom. The molecule has 1 N–H and O–H groups in total. The first-order chi connectivity index (χ1) is 10.1. The Kier molecular flexibility index (Phi) is 3.37. The van der Waals surface area contributed by atoms with E-state index in [1.54, 1.807) is 11.1 Å². The second-order valence-corrected chi connectivity index (χ2v) is 8.17. The molecule has 0 heterocycles. The summed E-state index contributed by atoms with van der Waals surface area (Å²) in [7, 11) is 0. The molecule has 1 nitrogen and oxygen atoms in total. The molecule has 3 aliphatic rings. The van der Waals surface area contributed by atoms with Crippen molar-refractivity contribution in [2.24, 2.45) is 29.6 Å². The van der Waals surface area contributed by atoms with E-state index in [1.165, 1.54) is 32.1 Å². The summed E-state index contributed by atoms with van der Waals surface area (Å²) in [6.45, 7) is 4.73. The quantitative estimate of drug-likeness (QED) is 0.853. The van der Waals surface area contributed by atoms with Crippen molar-refractivity contribution < 1.29 is 5.11 Å². The van der Waals surface area contributed by atoms with Crippen LogP contribution in [0.25, 0.3) is 0 Å². The topological polar surface area (TPSA) is 20.2 Å². The maximum absolute atomic E-state index is 11.0. The fourth-order valence-electron chi connectivity index (χ4n) is 5.69. The normalized spacial score (nSPS) is 42.8. The van der Waals surface area contributed by atoms with Gasteiger partial charge in [0.2, 0.25) is 0 Å². The molecule has 3 aliphatic carbocycles. The lowest BCUT2D eigenvalue weighted by Gasteiger charge is -2.34. The van der Waals surface area contributed by atoms with Gasteiger partial charge < -0.3 is 5.11 Å². The van der Waals surface area contributed by atoms with E-state index in [9.17, 15) is 5.11 Å². The Morgan fingerprint density at radius 1 is 1.05 bits per heavy atom. The van der Waals surface area contributed by atoms with Crippen molar-refractivity contribution in [3.63, 3.8) is 0 Å². The lowest BCUT2D eigenvalue weighted by atomic mass is 9.73. The van der Waals surface area contributed by atoms with Gasteiger partial charge >= 0.3 is 0 Å². The summed E-state index contributed by atoms with van der Waals surface area (Å²) in [6, 6.07) is 8.94. The Hall–Kier alpha value is -0.820. The third-order valence-electron chi connectivity index (χ3n) is 6.48. The molecule has 2 saturated carbocycles. The maximum Gasteiger partial charge on any atom is 0.0605 e. The molecule has 1 heteroatoms. The number of aliphatic hydroxyl groups is 1. The van der Waals surface area contributed by atoms with Gasteiger partial charge in [-0.25, -0.2) is 0 Å². The lowest BCUT2D eigenvalue weighted by Crippen LogP contribution is -2.31. The van der Waals surface area contributed by atoms with E-state index in [2.05, 4.69) is 38.1 Å². The first-order valence-corrected chi connectivity index (χ1v) is 8.91. The minimum absolute atomic E-state index is 0.0589. The number of fused-ring (bicyclic) bond motifs is 3. The summed E-state index contributed by atoms with van der Waals surface area (Å²) < 4.78 is 0. The number of hydrogen-bond donors (Lipinski definition) is 1. The molecule has 0 bridgehead atoms. The highest BCUT2D eigenvalue weighted by Gasteiger charge is 2.57. The second-order valence-electron chi connectivity index (χ2n) is 8.17. The summed E-state index contributed by atoms with van der Waals surface area (Å²) in [5.74, 6) is 4.12. The molecule has 6 atom stereocenters. The molecule has 6 unspecified atom stereocenters. The van der Waals surface area contributed by atoms with E-state index >= 15 is 0 Å². The molecule has 2 fully saturated rings. The Morgan fingerprint density at radius 3 is 2.52 bits per heavy atom. The number of aryl methyl sites for hydroxylation is 1. The fourth-order valence-corrected chi connectivity index (χ4v) is 5.69. The number of hydrogen-bond acceptors (Lipinski definition) is 1. The first kappa shape index (κ1) is 13.8. The van der Waals surface area contributed by atoms with E-state index in [-0.39, 0.29) is 6.10 Å². The van der Waals surface area contributed by atoms with Gasteiger partial charge in [-0.1, -0.05) is 38.1 Å². The summed E-state index contributed by atoms with van der Waals surface area (Å²) in [4.78, 5) is 0. The predicted molar refractivity (Wildman–Crippen MR) is 86.2 cm³/mol. The smallest absolute Gasteiger partial charge is 0.0605 e. The van der Waals surface area contributed by atoms with Crippen LogP contribution in [-0.2, 0) is 6.42 Å². The summed E-state index contributed by atoms with van der Waals surface area (Å²) in [5, 5.41) is 11.0. The fraction of sp³-hybridized carbons (Fsp3) is 0.700. The molecule has 0 aliphatic heterocycles. The number of aliphatic hydroxyl groups excluding tert-OH is 1. The van der Waals surface area contributed by atoms with Gasteiger partial charge in [-0.05, 0) is 78.7 Å². The molecule has 0 spiro atoms. The number of rotatable bonds is 2. The average molecular weight is 284 g/mol. The van der Waals surface area contributed by atoms with Gasteiger partial charge in [0.05, 0.1) is 6.10 Å². The highest BCUT2D eigenvalue weighted by Crippen LogP contribution is 2.62. The van der Waals surface area contributed by atoms with Crippen LogP contribution in [0.1, 0.15) is 56.6 Å². The van der Waals surface area contributed by atoms with Crippen molar-refractivity contribution in [2.45, 2.75) is 58.0 Å². The van der Waals surface area contributed by atoms with Gasteiger partial charge in [0.25, 0.3) is 0 Å². The highest BCUT2D eigenvalue weighted by atomic mass is 16.3. The van der Waals surface area contributed by atoms with Crippen LogP contribution in [0.5, 0.6) is 0 Å². The van der Waals surface area contributed by atoms with E-state index < -0.39 is 0 Å². The molecule has 0 radical (unpaired) electrons. The zero-order chi connectivity index (χ0) is 14.6. The third-order valence-corrected chi connectivity index (χ3v) is 6.48. The van der Waals surface area contributed by atoms with E-state index in [0.717, 1.165) is 17.8 Å². The molecule has 21 heavy (non-hydrogen) atoms. The summed E-state index contributed by atoms with van der Waals surface area (Å²) in [6.07, 6.45) is 6.28. The zero-order valence-electron chi connectivity index (χ0n) is 13.3. The highest BCUT2D eigenvalue weighted by molar-refractivity contribution is 5.39.